The van der Waals surface area contributed by atoms with Crippen molar-refractivity contribution in [2.24, 2.45) is 0 Å². The predicted molar refractivity (Wildman–Crippen MR) is 65.5 cm³/mol. The topological polar surface area (TPSA) is 68.0 Å². The van der Waals surface area contributed by atoms with Crippen LogP contribution in [0.3, 0.4) is 0 Å². The number of rotatable bonds is 4. The molecule has 0 aliphatic rings. The van der Waals surface area contributed by atoms with E-state index in [1.54, 1.807) is 0 Å². The van der Waals surface area contributed by atoms with E-state index in [1.165, 1.54) is 12.3 Å². The molecule has 0 aromatic carbocycles. The molecule has 1 aromatic heterocycles. The molecule has 5 heteroatoms. The summed E-state index contributed by atoms with van der Waals surface area (Å²) in [4.78, 5) is 15.6. The van der Waals surface area contributed by atoms with Crippen LogP contribution >= 0.6 is 11.6 Å². The maximum Gasteiger partial charge on any atom is 0.253 e. The number of hydrogen-bond donors (Lipinski definition) is 2. The lowest BCUT2D eigenvalue weighted by Gasteiger charge is -2.14. The minimum atomic E-state index is -0.164. The average Bonchev–Trinajstić information content (AvgIpc) is 2.29. The van der Waals surface area contributed by atoms with Gasteiger partial charge in [0.25, 0.3) is 5.91 Å². The Morgan fingerprint density at radius 3 is 2.69 bits per heavy atom. The molecule has 0 atom stereocenters. The van der Waals surface area contributed by atoms with E-state index in [0.29, 0.717) is 10.6 Å². The fourth-order valence-electron chi connectivity index (χ4n) is 1.33. The molecule has 0 unspecified atom stereocenters. The summed E-state index contributed by atoms with van der Waals surface area (Å²) in [6.45, 7) is 4.06. The van der Waals surface area contributed by atoms with Gasteiger partial charge in [0.05, 0.1) is 10.6 Å². The lowest BCUT2D eigenvalue weighted by atomic mass is 10.1. The van der Waals surface area contributed by atoms with Gasteiger partial charge in [-0.2, -0.15) is 0 Å². The van der Waals surface area contributed by atoms with E-state index in [-0.39, 0.29) is 17.8 Å². The van der Waals surface area contributed by atoms with E-state index in [2.05, 4.69) is 10.3 Å². The maximum absolute atomic E-state index is 11.8. The summed E-state index contributed by atoms with van der Waals surface area (Å²) >= 11 is 5.79. The van der Waals surface area contributed by atoms with Gasteiger partial charge in [0.15, 0.2) is 0 Å². The van der Waals surface area contributed by atoms with Crippen LogP contribution in [0.25, 0.3) is 0 Å². The van der Waals surface area contributed by atoms with Gasteiger partial charge in [0.2, 0.25) is 0 Å². The number of nitrogens with zero attached hydrogens (tertiary/aromatic N) is 1. The minimum absolute atomic E-state index is 0.164. The number of carbonyl (C=O) groups is 1. The molecule has 16 heavy (non-hydrogen) atoms. The third-order valence-corrected chi connectivity index (χ3v) is 2.76. The fourth-order valence-corrected chi connectivity index (χ4v) is 1.50. The van der Waals surface area contributed by atoms with Crippen molar-refractivity contribution in [2.45, 2.75) is 32.7 Å². The fraction of sp³-hybridized carbons (Fsp3) is 0.455. The lowest BCUT2D eigenvalue weighted by Crippen LogP contribution is -2.33. The highest BCUT2D eigenvalue weighted by molar-refractivity contribution is 6.33. The number of halogens is 1. The van der Waals surface area contributed by atoms with Gasteiger partial charge in [-0.1, -0.05) is 25.4 Å². The summed E-state index contributed by atoms with van der Waals surface area (Å²) < 4.78 is 0. The zero-order valence-corrected chi connectivity index (χ0v) is 10.2. The Balaban J connectivity index is 2.76. The summed E-state index contributed by atoms with van der Waals surface area (Å²) in [5, 5.41) is 3.20. The van der Waals surface area contributed by atoms with Crippen molar-refractivity contribution in [1.29, 1.82) is 0 Å². The highest BCUT2D eigenvalue weighted by atomic mass is 35.5. The first-order valence-corrected chi connectivity index (χ1v) is 5.68. The monoisotopic (exact) mass is 241 g/mol. The van der Waals surface area contributed by atoms with Gasteiger partial charge in [-0.15, -0.1) is 0 Å². The average molecular weight is 242 g/mol. The maximum atomic E-state index is 11.8. The van der Waals surface area contributed by atoms with Crippen LogP contribution in [0.15, 0.2) is 12.3 Å². The van der Waals surface area contributed by atoms with Gasteiger partial charge >= 0.3 is 0 Å². The molecule has 0 aliphatic carbocycles. The Hall–Kier alpha value is -1.29. The molecule has 1 aromatic rings. The number of nitrogens with one attached hydrogen (secondary N) is 1. The molecule has 0 bridgehead atoms. The van der Waals surface area contributed by atoms with Gasteiger partial charge in [-0.3, -0.25) is 4.79 Å². The second kappa shape index (κ2) is 5.70. The first-order valence-electron chi connectivity index (χ1n) is 5.30. The van der Waals surface area contributed by atoms with E-state index < -0.39 is 0 Å². The molecule has 0 spiro atoms. The van der Waals surface area contributed by atoms with Crippen LogP contribution < -0.4 is 11.1 Å². The van der Waals surface area contributed by atoms with Gasteiger partial charge in [-0.25, -0.2) is 4.98 Å². The quantitative estimate of drug-likeness (QED) is 0.850. The van der Waals surface area contributed by atoms with Crippen molar-refractivity contribution in [3.8, 4) is 0 Å². The number of anilines is 1. The van der Waals surface area contributed by atoms with Crippen molar-refractivity contribution in [3.05, 3.63) is 22.8 Å². The molecule has 0 radical (unpaired) electrons. The Labute approximate surface area is 100 Å². The standard InChI is InChI=1S/C11H16ClN3O/c1-3-8(4-2)15-11(16)7-5-9(12)10(13)14-6-7/h5-6,8H,3-4H2,1-2H3,(H2,13,14)(H,15,16). The number of nitrogen functional groups attached to an aromatic ring is 1. The molecule has 3 N–H and O–H groups in total. The van der Waals surface area contributed by atoms with Crippen LogP contribution in [-0.2, 0) is 0 Å². The molecule has 1 heterocycles. The number of nitrogens with two attached hydrogens (primary N) is 1. The second-order valence-corrected chi connectivity index (χ2v) is 3.99. The van der Waals surface area contributed by atoms with Crippen molar-refractivity contribution in [2.75, 3.05) is 5.73 Å². The third kappa shape index (κ3) is 3.10. The van der Waals surface area contributed by atoms with Crippen molar-refractivity contribution < 1.29 is 4.79 Å². The van der Waals surface area contributed by atoms with Crippen molar-refractivity contribution in [1.82, 2.24) is 10.3 Å². The van der Waals surface area contributed by atoms with Crippen LogP contribution in [0.4, 0.5) is 5.82 Å². The zero-order valence-electron chi connectivity index (χ0n) is 9.46. The Morgan fingerprint density at radius 2 is 2.19 bits per heavy atom. The molecule has 0 saturated carbocycles. The summed E-state index contributed by atoms with van der Waals surface area (Å²) in [7, 11) is 0. The minimum Gasteiger partial charge on any atom is -0.382 e. The number of aromatic nitrogens is 1. The summed E-state index contributed by atoms with van der Waals surface area (Å²) in [5.41, 5.74) is 5.90. The van der Waals surface area contributed by atoms with E-state index in [4.69, 9.17) is 17.3 Å². The van der Waals surface area contributed by atoms with E-state index in [9.17, 15) is 4.79 Å². The lowest BCUT2D eigenvalue weighted by molar-refractivity contribution is 0.0934. The molecule has 88 valence electrons. The molecule has 0 saturated heterocycles. The first-order chi connectivity index (χ1) is 7.58. The van der Waals surface area contributed by atoms with Crippen molar-refractivity contribution in [3.63, 3.8) is 0 Å². The summed E-state index contributed by atoms with van der Waals surface area (Å²) in [5.74, 6) is 0.0730. The largest absolute Gasteiger partial charge is 0.382 e. The van der Waals surface area contributed by atoms with E-state index in [1.807, 2.05) is 13.8 Å². The summed E-state index contributed by atoms with van der Waals surface area (Å²) in [6.07, 6.45) is 3.23. The normalized spacial score (nSPS) is 10.5. The molecule has 0 fully saturated rings. The SMILES string of the molecule is CCC(CC)NC(=O)c1cnc(N)c(Cl)c1. The number of carbonyl (C=O) groups excluding carboxylic acids is 1. The Bertz CT molecular complexity index is 377. The molecular formula is C11H16ClN3O. The highest BCUT2D eigenvalue weighted by Crippen LogP contribution is 2.16. The van der Waals surface area contributed by atoms with Crippen molar-refractivity contribution >= 4 is 23.3 Å². The van der Waals surface area contributed by atoms with Gasteiger partial charge in [-0.05, 0) is 18.9 Å². The first kappa shape index (κ1) is 12.8. The smallest absolute Gasteiger partial charge is 0.253 e. The number of amides is 1. The van der Waals surface area contributed by atoms with Crippen LogP contribution in [0.5, 0.6) is 0 Å². The van der Waals surface area contributed by atoms with Crippen LogP contribution in [0.1, 0.15) is 37.0 Å². The van der Waals surface area contributed by atoms with Crippen LogP contribution in [0.2, 0.25) is 5.02 Å². The molecule has 4 nitrogen and oxygen atoms in total. The van der Waals surface area contributed by atoms with Crippen LogP contribution in [-0.4, -0.2) is 16.9 Å². The predicted octanol–water partition coefficient (Wildman–Crippen LogP) is 2.24. The highest BCUT2D eigenvalue weighted by Gasteiger charge is 2.12. The third-order valence-electron chi connectivity index (χ3n) is 2.45. The van der Waals surface area contributed by atoms with E-state index >= 15 is 0 Å². The molecular weight excluding hydrogens is 226 g/mol. The molecule has 1 rings (SSSR count). The number of pyridine rings is 1. The van der Waals surface area contributed by atoms with Gasteiger partial charge < -0.3 is 11.1 Å². The van der Waals surface area contributed by atoms with Gasteiger partial charge in [0.1, 0.15) is 5.82 Å². The van der Waals surface area contributed by atoms with E-state index in [0.717, 1.165) is 12.8 Å². The van der Waals surface area contributed by atoms with Crippen LogP contribution in [0, 0.1) is 0 Å². The Kier molecular flexibility index (Phi) is 4.55. The number of hydrogen-bond acceptors (Lipinski definition) is 3. The van der Waals surface area contributed by atoms with Gasteiger partial charge in [0, 0.05) is 12.2 Å². The molecule has 0 aliphatic heterocycles. The summed E-state index contributed by atoms with van der Waals surface area (Å²) in [6, 6.07) is 1.71. The zero-order chi connectivity index (χ0) is 12.1. The molecule has 1 amide bonds. The second-order valence-electron chi connectivity index (χ2n) is 3.58. The Morgan fingerprint density at radius 1 is 1.56 bits per heavy atom.